The van der Waals surface area contributed by atoms with Crippen LogP contribution in [0.3, 0.4) is 0 Å². The summed E-state index contributed by atoms with van der Waals surface area (Å²) >= 11 is 0. The molecular weight excluding hydrogens is 376 g/mol. The smallest absolute Gasteiger partial charge is 0.192 e. The molecule has 1 aliphatic rings. The summed E-state index contributed by atoms with van der Waals surface area (Å²) in [5, 5.41) is 0. The van der Waals surface area contributed by atoms with Crippen molar-refractivity contribution < 1.29 is 9.53 Å². The van der Waals surface area contributed by atoms with Gasteiger partial charge in [0.15, 0.2) is 11.2 Å². The van der Waals surface area contributed by atoms with Crippen molar-refractivity contribution in [1.29, 1.82) is 0 Å². The predicted molar refractivity (Wildman–Crippen MR) is 118 cm³/mol. The Bertz CT molecular complexity index is 1190. The van der Waals surface area contributed by atoms with Crippen LogP contribution < -0.4 is 10.2 Å². The van der Waals surface area contributed by atoms with Gasteiger partial charge in [-0.05, 0) is 49.9 Å². The minimum atomic E-state index is -0.241. The van der Waals surface area contributed by atoms with Gasteiger partial charge >= 0.3 is 0 Å². The molecule has 1 aliphatic heterocycles. The summed E-state index contributed by atoms with van der Waals surface area (Å²) in [5.74, 6) is 0.867. The highest BCUT2D eigenvalue weighted by atomic mass is 16.5. The van der Waals surface area contributed by atoms with Crippen molar-refractivity contribution in [3.05, 3.63) is 69.8 Å². The number of carbonyl (C=O) groups is 1. The molecule has 0 saturated heterocycles. The van der Waals surface area contributed by atoms with Crippen LogP contribution >= 0.6 is 0 Å². The molecule has 154 valence electrons. The largest absolute Gasteiger partial charge is 0.496 e. The number of Topliss-reactive ketones (excluding diaryl/α,β-unsaturated/α-hetero) is 1. The van der Waals surface area contributed by atoms with E-state index in [1.165, 1.54) is 12.5 Å². The van der Waals surface area contributed by atoms with Crippen LogP contribution in [0.4, 0.5) is 0 Å². The number of pyridine rings is 2. The first-order valence-corrected chi connectivity index (χ1v) is 10.2. The fourth-order valence-corrected chi connectivity index (χ4v) is 4.24. The summed E-state index contributed by atoms with van der Waals surface area (Å²) in [6.07, 6.45) is 4.41. The molecule has 0 N–H and O–H groups in total. The number of hydrogen-bond donors (Lipinski definition) is 0. The summed E-state index contributed by atoms with van der Waals surface area (Å²) in [5.41, 5.74) is 5.91. The van der Waals surface area contributed by atoms with Gasteiger partial charge < -0.3 is 9.30 Å². The predicted octanol–water partition coefficient (Wildman–Crippen LogP) is 4.85. The highest BCUT2D eigenvalue weighted by molar-refractivity contribution is 5.94. The van der Waals surface area contributed by atoms with Crippen molar-refractivity contribution in [3.8, 4) is 28.1 Å². The molecule has 0 fully saturated rings. The number of benzene rings is 1. The van der Waals surface area contributed by atoms with E-state index in [1.807, 2.05) is 31.3 Å². The summed E-state index contributed by atoms with van der Waals surface area (Å²) in [6, 6.07) is 9.94. The van der Waals surface area contributed by atoms with Crippen molar-refractivity contribution in [2.75, 3.05) is 7.11 Å². The second kappa shape index (κ2) is 7.56. The molecule has 0 amide bonds. The Hall–Kier alpha value is -3.21. The van der Waals surface area contributed by atoms with E-state index in [-0.39, 0.29) is 22.8 Å². The quantitative estimate of drug-likeness (QED) is 0.585. The molecule has 2 aromatic heterocycles. The molecule has 1 aromatic carbocycles. The van der Waals surface area contributed by atoms with Gasteiger partial charge in [-0.15, -0.1) is 0 Å². The Morgan fingerprint density at radius 2 is 1.97 bits per heavy atom. The van der Waals surface area contributed by atoms with Crippen LogP contribution in [0.15, 0.2) is 47.5 Å². The van der Waals surface area contributed by atoms with E-state index in [4.69, 9.17) is 4.74 Å². The van der Waals surface area contributed by atoms with Crippen LogP contribution in [0.5, 0.6) is 5.75 Å². The number of nitrogens with zero attached hydrogens (tertiary/aromatic N) is 2. The van der Waals surface area contributed by atoms with Gasteiger partial charge in [-0.2, -0.15) is 0 Å². The molecule has 30 heavy (non-hydrogen) atoms. The number of fused-ring (bicyclic) bond motifs is 3. The molecule has 0 bridgehead atoms. The fourth-order valence-electron chi connectivity index (χ4n) is 4.24. The summed E-state index contributed by atoms with van der Waals surface area (Å²) in [4.78, 5) is 29.0. The first-order chi connectivity index (χ1) is 14.3. The molecule has 1 unspecified atom stereocenters. The number of ether oxygens (including phenoxy) is 1. The van der Waals surface area contributed by atoms with Crippen LogP contribution in [0.1, 0.15) is 48.4 Å². The SMILES string of the molecule is COc1cc2c(cc1-c1ccc(C)nc1)CC(C(C)C)n1cc(C(C)=O)c(=O)cc1-2. The molecular formula is C25H26N2O3. The van der Waals surface area contributed by atoms with Crippen LogP contribution in [-0.2, 0) is 6.42 Å². The van der Waals surface area contributed by atoms with Crippen molar-refractivity contribution in [3.63, 3.8) is 0 Å². The number of hydrogen-bond acceptors (Lipinski definition) is 4. The third-order valence-corrected chi connectivity index (χ3v) is 5.94. The van der Waals surface area contributed by atoms with E-state index in [2.05, 4.69) is 29.5 Å². The van der Waals surface area contributed by atoms with Gasteiger partial charge in [-0.3, -0.25) is 14.6 Å². The second-order valence-corrected chi connectivity index (χ2v) is 8.31. The maximum atomic E-state index is 12.6. The summed E-state index contributed by atoms with van der Waals surface area (Å²) in [6.45, 7) is 7.74. The third-order valence-electron chi connectivity index (χ3n) is 5.94. The van der Waals surface area contributed by atoms with E-state index >= 15 is 0 Å². The molecule has 1 atom stereocenters. The lowest BCUT2D eigenvalue weighted by Crippen LogP contribution is -2.27. The molecule has 3 aromatic rings. The summed E-state index contributed by atoms with van der Waals surface area (Å²) in [7, 11) is 1.65. The number of carbonyl (C=O) groups excluding carboxylic acids is 1. The van der Waals surface area contributed by atoms with Crippen molar-refractivity contribution >= 4 is 5.78 Å². The van der Waals surface area contributed by atoms with Gasteiger partial charge in [0.25, 0.3) is 0 Å². The minimum Gasteiger partial charge on any atom is -0.496 e. The van der Waals surface area contributed by atoms with Crippen LogP contribution in [0.25, 0.3) is 22.4 Å². The van der Waals surface area contributed by atoms with Crippen molar-refractivity contribution in [1.82, 2.24) is 9.55 Å². The Balaban J connectivity index is 1.96. The normalized spacial score (nSPS) is 14.9. The van der Waals surface area contributed by atoms with Crippen LogP contribution in [0, 0.1) is 12.8 Å². The first kappa shape index (κ1) is 20.1. The average Bonchev–Trinajstić information content (AvgIpc) is 2.72. The zero-order valence-corrected chi connectivity index (χ0v) is 18.0. The van der Waals surface area contributed by atoms with Gasteiger partial charge in [0.2, 0.25) is 0 Å². The lowest BCUT2D eigenvalue weighted by atomic mass is 9.85. The van der Waals surface area contributed by atoms with Gasteiger partial charge in [0.1, 0.15) is 5.75 Å². The molecule has 5 heteroatoms. The van der Waals surface area contributed by atoms with Crippen LogP contribution in [-0.4, -0.2) is 22.4 Å². The van der Waals surface area contributed by atoms with E-state index in [0.717, 1.165) is 40.2 Å². The number of aromatic nitrogens is 2. The first-order valence-electron chi connectivity index (χ1n) is 10.2. The third kappa shape index (κ3) is 3.34. The molecule has 0 aliphatic carbocycles. The van der Waals surface area contributed by atoms with Crippen molar-refractivity contribution in [2.45, 2.75) is 40.2 Å². The Kier molecular flexibility index (Phi) is 5.06. The van der Waals surface area contributed by atoms with E-state index in [9.17, 15) is 9.59 Å². The van der Waals surface area contributed by atoms with E-state index < -0.39 is 0 Å². The topological polar surface area (TPSA) is 61.2 Å². The molecule has 0 spiro atoms. The standard InChI is InChI=1S/C25H26N2O3/c1-14(2)22-9-18-8-20(17-7-6-15(3)26-12-17)25(30-5)10-19(18)23-11-24(29)21(16(4)28)13-27(22)23/h6-8,10-14,22H,9H2,1-5H3. The molecule has 3 heterocycles. The highest BCUT2D eigenvalue weighted by Crippen LogP contribution is 2.42. The van der Waals surface area contributed by atoms with E-state index in [0.29, 0.717) is 5.92 Å². The Morgan fingerprint density at radius 3 is 2.57 bits per heavy atom. The lowest BCUT2D eigenvalue weighted by molar-refractivity contribution is 0.101. The monoisotopic (exact) mass is 402 g/mol. The van der Waals surface area contributed by atoms with Gasteiger partial charge in [0, 0.05) is 46.9 Å². The number of methoxy groups -OCH3 is 1. The maximum Gasteiger partial charge on any atom is 0.192 e. The van der Waals surface area contributed by atoms with Gasteiger partial charge in [-0.25, -0.2) is 0 Å². The molecule has 5 nitrogen and oxygen atoms in total. The zero-order chi connectivity index (χ0) is 21.6. The average molecular weight is 402 g/mol. The summed E-state index contributed by atoms with van der Waals surface area (Å²) < 4.78 is 7.80. The number of ketones is 1. The van der Waals surface area contributed by atoms with Gasteiger partial charge in [-0.1, -0.05) is 19.9 Å². The Labute approximate surface area is 176 Å². The van der Waals surface area contributed by atoms with Crippen LogP contribution in [0.2, 0.25) is 0 Å². The fraction of sp³-hybridized carbons (Fsp3) is 0.320. The number of aryl methyl sites for hydroxylation is 1. The van der Waals surface area contributed by atoms with Gasteiger partial charge in [0.05, 0.1) is 18.4 Å². The minimum absolute atomic E-state index is 0.156. The second-order valence-electron chi connectivity index (χ2n) is 8.31. The lowest BCUT2D eigenvalue weighted by Gasteiger charge is -2.34. The molecule has 0 radical (unpaired) electrons. The zero-order valence-electron chi connectivity index (χ0n) is 18.0. The molecule has 4 rings (SSSR count). The highest BCUT2D eigenvalue weighted by Gasteiger charge is 2.28. The molecule has 0 saturated carbocycles. The van der Waals surface area contributed by atoms with Crippen molar-refractivity contribution in [2.24, 2.45) is 5.92 Å². The van der Waals surface area contributed by atoms with E-state index in [1.54, 1.807) is 19.4 Å². The Morgan fingerprint density at radius 1 is 1.20 bits per heavy atom. The maximum absolute atomic E-state index is 12.6. The number of rotatable bonds is 4.